The molecule has 0 aromatic heterocycles. The number of carbonyl (C=O) groups is 1. The first-order valence-electron chi connectivity index (χ1n) is 7.82. The number of hydrogen-bond donors (Lipinski definition) is 0. The maximum atomic E-state index is 12.3. The summed E-state index contributed by atoms with van der Waals surface area (Å²) in [5.41, 5.74) is 0. The molecule has 2 aliphatic heterocycles. The number of nitrogens with zero attached hydrogens (tertiary/aromatic N) is 2. The van der Waals surface area contributed by atoms with Crippen LogP contribution in [0.15, 0.2) is 0 Å². The first-order chi connectivity index (χ1) is 9.29. The highest BCUT2D eigenvalue weighted by Gasteiger charge is 2.22. The largest absolute Gasteiger partial charge is 0.381 e. The van der Waals surface area contributed by atoms with Gasteiger partial charge in [-0.15, -0.1) is 0 Å². The molecule has 2 saturated heterocycles. The van der Waals surface area contributed by atoms with E-state index in [1.54, 1.807) is 7.11 Å². The number of methoxy groups -OCH3 is 1. The first kappa shape index (κ1) is 14.8. The van der Waals surface area contributed by atoms with E-state index in [1.165, 1.54) is 32.1 Å². The van der Waals surface area contributed by atoms with Gasteiger partial charge in [0.2, 0.25) is 5.91 Å². The lowest BCUT2D eigenvalue weighted by molar-refractivity contribution is -0.133. The topological polar surface area (TPSA) is 32.8 Å². The van der Waals surface area contributed by atoms with Crippen LogP contribution in [0.3, 0.4) is 0 Å². The van der Waals surface area contributed by atoms with Gasteiger partial charge < -0.3 is 9.64 Å². The molecule has 1 amide bonds. The molecule has 2 fully saturated rings. The van der Waals surface area contributed by atoms with Crippen molar-refractivity contribution < 1.29 is 9.53 Å². The SMILES string of the molecule is COC1CCN(CC(=O)N2CCCCCCC2)CC1. The Morgan fingerprint density at radius 2 is 1.58 bits per heavy atom. The smallest absolute Gasteiger partial charge is 0.236 e. The van der Waals surface area contributed by atoms with Crippen molar-refractivity contribution in [3.63, 3.8) is 0 Å². The minimum absolute atomic E-state index is 0.331. The second kappa shape index (κ2) is 7.85. The lowest BCUT2D eigenvalue weighted by Crippen LogP contribution is -2.45. The van der Waals surface area contributed by atoms with Gasteiger partial charge in [-0.3, -0.25) is 9.69 Å². The zero-order valence-electron chi connectivity index (χ0n) is 12.3. The third-order valence-corrected chi connectivity index (χ3v) is 4.44. The van der Waals surface area contributed by atoms with Crippen molar-refractivity contribution in [1.29, 1.82) is 0 Å². The maximum Gasteiger partial charge on any atom is 0.236 e. The highest BCUT2D eigenvalue weighted by atomic mass is 16.5. The molecule has 0 aliphatic carbocycles. The number of ether oxygens (including phenoxy) is 1. The van der Waals surface area contributed by atoms with Crippen molar-refractivity contribution in [3.8, 4) is 0 Å². The summed E-state index contributed by atoms with van der Waals surface area (Å²) in [7, 11) is 1.78. The molecule has 2 rings (SSSR count). The zero-order chi connectivity index (χ0) is 13.5. The van der Waals surface area contributed by atoms with E-state index in [-0.39, 0.29) is 0 Å². The number of hydrogen-bond acceptors (Lipinski definition) is 3. The van der Waals surface area contributed by atoms with Crippen LogP contribution in [0.25, 0.3) is 0 Å². The summed E-state index contributed by atoms with van der Waals surface area (Å²) in [6.07, 6.45) is 8.77. The predicted molar refractivity (Wildman–Crippen MR) is 76.1 cm³/mol. The Hall–Kier alpha value is -0.610. The molecule has 0 spiro atoms. The Labute approximate surface area is 117 Å². The molecular formula is C15H28N2O2. The van der Waals surface area contributed by atoms with Crippen molar-refractivity contribution in [3.05, 3.63) is 0 Å². The van der Waals surface area contributed by atoms with E-state index >= 15 is 0 Å². The van der Waals surface area contributed by atoms with E-state index in [9.17, 15) is 4.79 Å². The molecule has 0 aromatic carbocycles. The lowest BCUT2D eigenvalue weighted by atomic mass is 10.1. The van der Waals surface area contributed by atoms with E-state index < -0.39 is 0 Å². The summed E-state index contributed by atoms with van der Waals surface area (Å²) in [5.74, 6) is 0.331. The molecule has 4 heteroatoms. The van der Waals surface area contributed by atoms with E-state index in [2.05, 4.69) is 9.80 Å². The van der Waals surface area contributed by atoms with Crippen LogP contribution in [-0.4, -0.2) is 61.6 Å². The summed E-state index contributed by atoms with van der Waals surface area (Å²) in [5, 5.41) is 0. The average Bonchev–Trinajstić information content (AvgIpc) is 2.39. The number of rotatable bonds is 3. The van der Waals surface area contributed by atoms with Crippen LogP contribution in [0, 0.1) is 0 Å². The maximum absolute atomic E-state index is 12.3. The van der Waals surface area contributed by atoms with Crippen LogP contribution >= 0.6 is 0 Å². The fourth-order valence-corrected chi connectivity index (χ4v) is 3.09. The van der Waals surface area contributed by atoms with Crippen LogP contribution in [0.1, 0.15) is 44.9 Å². The summed E-state index contributed by atoms with van der Waals surface area (Å²) in [6.45, 7) is 4.54. The van der Waals surface area contributed by atoms with Crippen molar-refractivity contribution in [1.82, 2.24) is 9.80 Å². The van der Waals surface area contributed by atoms with Crippen LogP contribution < -0.4 is 0 Å². The quantitative estimate of drug-likeness (QED) is 0.783. The van der Waals surface area contributed by atoms with Gasteiger partial charge in [-0.05, 0) is 25.7 Å². The third-order valence-electron chi connectivity index (χ3n) is 4.44. The molecule has 0 saturated carbocycles. The van der Waals surface area contributed by atoms with Gasteiger partial charge in [0.1, 0.15) is 0 Å². The van der Waals surface area contributed by atoms with E-state index in [0.717, 1.165) is 39.0 Å². The molecule has 4 nitrogen and oxygen atoms in total. The summed E-state index contributed by atoms with van der Waals surface area (Å²) in [4.78, 5) is 16.7. The highest BCUT2D eigenvalue weighted by molar-refractivity contribution is 5.78. The predicted octanol–water partition coefficient (Wildman–Crippen LogP) is 1.89. The molecule has 2 heterocycles. The van der Waals surface area contributed by atoms with Crippen molar-refractivity contribution in [2.45, 2.75) is 51.0 Å². The number of likely N-dealkylation sites (tertiary alicyclic amines) is 2. The Balaban J connectivity index is 1.73. The Bertz CT molecular complexity index is 267. The number of piperidine rings is 1. The van der Waals surface area contributed by atoms with Crippen LogP contribution in [0.2, 0.25) is 0 Å². The van der Waals surface area contributed by atoms with Gasteiger partial charge in [0.15, 0.2) is 0 Å². The van der Waals surface area contributed by atoms with Gasteiger partial charge in [0, 0.05) is 33.3 Å². The van der Waals surface area contributed by atoms with Crippen LogP contribution in [0.4, 0.5) is 0 Å². The molecule has 0 bridgehead atoms. The zero-order valence-corrected chi connectivity index (χ0v) is 12.3. The van der Waals surface area contributed by atoms with Gasteiger partial charge in [-0.25, -0.2) is 0 Å². The summed E-state index contributed by atoms with van der Waals surface area (Å²) >= 11 is 0. The molecular weight excluding hydrogens is 240 g/mol. The molecule has 0 atom stereocenters. The van der Waals surface area contributed by atoms with Gasteiger partial charge >= 0.3 is 0 Å². The van der Waals surface area contributed by atoms with Gasteiger partial charge in [0.05, 0.1) is 12.6 Å². The van der Waals surface area contributed by atoms with Crippen molar-refractivity contribution >= 4 is 5.91 Å². The number of amides is 1. The van der Waals surface area contributed by atoms with Crippen molar-refractivity contribution in [2.24, 2.45) is 0 Å². The first-order valence-corrected chi connectivity index (χ1v) is 7.82. The molecule has 0 N–H and O–H groups in total. The van der Waals surface area contributed by atoms with E-state index in [1.807, 2.05) is 0 Å². The van der Waals surface area contributed by atoms with Gasteiger partial charge in [0.25, 0.3) is 0 Å². The molecule has 0 aromatic rings. The molecule has 2 aliphatic rings. The second-order valence-electron chi connectivity index (χ2n) is 5.86. The molecule has 0 radical (unpaired) electrons. The fraction of sp³-hybridized carbons (Fsp3) is 0.933. The Morgan fingerprint density at radius 3 is 2.16 bits per heavy atom. The monoisotopic (exact) mass is 268 g/mol. The van der Waals surface area contributed by atoms with Crippen molar-refractivity contribution in [2.75, 3.05) is 39.8 Å². The Kier molecular flexibility index (Phi) is 6.11. The lowest BCUT2D eigenvalue weighted by Gasteiger charge is -2.33. The van der Waals surface area contributed by atoms with E-state index in [4.69, 9.17) is 4.74 Å². The summed E-state index contributed by atoms with van der Waals surface area (Å²) in [6, 6.07) is 0. The molecule has 0 unspecified atom stereocenters. The van der Waals surface area contributed by atoms with Crippen LogP contribution in [-0.2, 0) is 9.53 Å². The minimum atomic E-state index is 0.331. The fourth-order valence-electron chi connectivity index (χ4n) is 3.09. The number of carbonyl (C=O) groups excluding carboxylic acids is 1. The summed E-state index contributed by atoms with van der Waals surface area (Å²) < 4.78 is 5.37. The normalized spacial score (nSPS) is 23.9. The highest BCUT2D eigenvalue weighted by Crippen LogP contribution is 2.14. The third kappa shape index (κ3) is 4.77. The van der Waals surface area contributed by atoms with Gasteiger partial charge in [-0.2, -0.15) is 0 Å². The standard InChI is InChI=1S/C15H28N2O2/c1-19-14-7-11-16(12-8-14)13-15(18)17-9-5-3-2-4-6-10-17/h14H,2-13H2,1H3. The van der Waals surface area contributed by atoms with Crippen LogP contribution in [0.5, 0.6) is 0 Å². The molecule has 19 heavy (non-hydrogen) atoms. The van der Waals surface area contributed by atoms with Gasteiger partial charge in [-0.1, -0.05) is 19.3 Å². The Morgan fingerprint density at radius 1 is 1.00 bits per heavy atom. The molecule has 110 valence electrons. The second-order valence-corrected chi connectivity index (χ2v) is 5.86. The van der Waals surface area contributed by atoms with E-state index in [0.29, 0.717) is 18.6 Å². The average molecular weight is 268 g/mol. The minimum Gasteiger partial charge on any atom is -0.381 e.